The van der Waals surface area contributed by atoms with Gasteiger partial charge in [0.1, 0.15) is 0 Å². The zero-order valence-electron chi connectivity index (χ0n) is 4.38. The van der Waals surface area contributed by atoms with Gasteiger partial charge in [0.2, 0.25) is 0 Å². The molecule has 0 rings (SSSR count). The number of carbonyl (C=O) groups is 1. The summed E-state index contributed by atoms with van der Waals surface area (Å²) in [5.41, 5.74) is 0. The summed E-state index contributed by atoms with van der Waals surface area (Å²) in [5, 5.41) is 10.3. The summed E-state index contributed by atoms with van der Waals surface area (Å²) < 4.78 is 0. The third-order valence-corrected chi connectivity index (χ3v) is 0.328. The molecule has 0 aliphatic heterocycles. The number of carboxylic acid groups (broad SMARTS) is 1. The monoisotopic (exact) mass is 161 g/mol. The average Bonchev–Trinajstić information content (AvgIpc) is 1.35. The minimum absolute atomic E-state index is 0. The SMILES string of the molecule is CNCC(=O)O.Cl.Cl. The third-order valence-electron chi connectivity index (χ3n) is 0.328. The van der Waals surface area contributed by atoms with Crippen LogP contribution in [0.4, 0.5) is 0 Å². The van der Waals surface area contributed by atoms with Crippen molar-refractivity contribution in [3.63, 3.8) is 0 Å². The van der Waals surface area contributed by atoms with E-state index < -0.39 is 5.97 Å². The average molecular weight is 162 g/mol. The number of hydrogen-bond acceptors (Lipinski definition) is 2. The molecule has 0 aromatic heterocycles. The Kier molecular flexibility index (Phi) is 19.8. The summed E-state index contributed by atoms with van der Waals surface area (Å²) in [7, 11) is 1.59. The first kappa shape index (κ1) is 15.7. The van der Waals surface area contributed by atoms with Crippen LogP contribution in [0.2, 0.25) is 0 Å². The van der Waals surface area contributed by atoms with Crippen molar-refractivity contribution in [3.05, 3.63) is 0 Å². The van der Waals surface area contributed by atoms with E-state index >= 15 is 0 Å². The van der Waals surface area contributed by atoms with Gasteiger partial charge in [0.15, 0.2) is 0 Å². The van der Waals surface area contributed by atoms with Crippen LogP contribution in [0.5, 0.6) is 0 Å². The quantitative estimate of drug-likeness (QED) is 0.606. The van der Waals surface area contributed by atoms with Crippen LogP contribution in [-0.4, -0.2) is 24.7 Å². The normalized spacial score (nSPS) is 6.12. The number of likely N-dealkylation sites (N-methyl/N-ethyl adjacent to an activating group) is 1. The molecule has 0 saturated carbocycles. The van der Waals surface area contributed by atoms with Crippen molar-refractivity contribution in [2.24, 2.45) is 0 Å². The molecule has 0 atom stereocenters. The molecule has 0 heterocycles. The molecule has 0 amide bonds. The number of carboxylic acids is 1. The van der Waals surface area contributed by atoms with Gasteiger partial charge in [-0.1, -0.05) is 0 Å². The van der Waals surface area contributed by atoms with Crippen LogP contribution in [0, 0.1) is 0 Å². The summed E-state index contributed by atoms with van der Waals surface area (Å²) >= 11 is 0. The minimum Gasteiger partial charge on any atom is -0.480 e. The van der Waals surface area contributed by atoms with Crippen LogP contribution in [0.3, 0.4) is 0 Å². The van der Waals surface area contributed by atoms with E-state index in [0.29, 0.717) is 0 Å². The molecule has 52 valence electrons. The Bertz CT molecular complexity index is 59.2. The van der Waals surface area contributed by atoms with Crippen molar-refractivity contribution in [2.75, 3.05) is 13.6 Å². The van der Waals surface area contributed by atoms with Crippen LogP contribution in [-0.2, 0) is 4.79 Å². The fourth-order valence-corrected chi connectivity index (χ4v) is 0.151. The maximum atomic E-state index is 9.54. The second kappa shape index (κ2) is 10.1. The van der Waals surface area contributed by atoms with Crippen LogP contribution < -0.4 is 5.32 Å². The number of aliphatic carboxylic acids is 1. The summed E-state index contributed by atoms with van der Waals surface area (Å²) in [6.07, 6.45) is 0. The molecule has 0 fully saturated rings. The Labute approximate surface area is 60.3 Å². The molecule has 2 N–H and O–H groups in total. The van der Waals surface area contributed by atoms with E-state index in [4.69, 9.17) is 5.11 Å². The molecule has 0 radical (unpaired) electrons. The number of hydrogen-bond donors (Lipinski definition) is 2. The Morgan fingerprint density at radius 2 is 2.00 bits per heavy atom. The predicted octanol–water partition coefficient (Wildman–Crippen LogP) is 0.134. The molecule has 0 aliphatic carbocycles. The predicted molar refractivity (Wildman–Crippen MR) is 36.1 cm³/mol. The molecular weight excluding hydrogens is 153 g/mol. The lowest BCUT2D eigenvalue weighted by atomic mass is 10.7. The first-order valence-corrected chi connectivity index (χ1v) is 1.63. The highest BCUT2D eigenvalue weighted by atomic mass is 35.5. The van der Waals surface area contributed by atoms with Crippen molar-refractivity contribution in [1.29, 1.82) is 0 Å². The van der Waals surface area contributed by atoms with E-state index in [0.717, 1.165) is 0 Å². The lowest BCUT2D eigenvalue weighted by molar-refractivity contribution is -0.135. The van der Waals surface area contributed by atoms with Crippen LogP contribution in [0.25, 0.3) is 0 Å². The Balaban J connectivity index is -0.000000125. The van der Waals surface area contributed by atoms with Gasteiger partial charge in [0.25, 0.3) is 0 Å². The zero-order chi connectivity index (χ0) is 4.99. The van der Waals surface area contributed by atoms with Gasteiger partial charge in [0, 0.05) is 0 Å². The summed E-state index contributed by atoms with van der Waals surface area (Å²) in [6.45, 7) is 0.0417. The topological polar surface area (TPSA) is 49.3 Å². The Hall–Kier alpha value is 0.01000. The smallest absolute Gasteiger partial charge is 0.317 e. The van der Waals surface area contributed by atoms with Crippen molar-refractivity contribution in [1.82, 2.24) is 5.32 Å². The summed E-state index contributed by atoms with van der Waals surface area (Å²) in [5.74, 6) is -0.822. The summed E-state index contributed by atoms with van der Waals surface area (Å²) in [4.78, 5) is 9.54. The maximum absolute atomic E-state index is 9.54. The molecule has 3 nitrogen and oxygen atoms in total. The first-order valence-electron chi connectivity index (χ1n) is 1.63. The molecule has 8 heavy (non-hydrogen) atoms. The van der Waals surface area contributed by atoms with Gasteiger partial charge in [0.05, 0.1) is 6.54 Å². The van der Waals surface area contributed by atoms with Gasteiger partial charge in [-0.2, -0.15) is 0 Å². The van der Waals surface area contributed by atoms with Crippen LogP contribution in [0.1, 0.15) is 0 Å². The maximum Gasteiger partial charge on any atom is 0.317 e. The molecule has 5 heteroatoms. The van der Waals surface area contributed by atoms with Gasteiger partial charge in [-0.3, -0.25) is 4.79 Å². The van der Waals surface area contributed by atoms with Gasteiger partial charge in [-0.15, -0.1) is 24.8 Å². The van der Waals surface area contributed by atoms with Crippen LogP contribution >= 0.6 is 24.8 Å². The minimum atomic E-state index is -0.822. The number of nitrogens with one attached hydrogen (secondary N) is 1. The molecule has 0 aromatic carbocycles. The highest BCUT2D eigenvalue weighted by Gasteiger charge is 1.86. The standard InChI is InChI=1S/C3H7NO2.2ClH/c1-4-2-3(5)6;;/h4H,2H2,1H3,(H,5,6);2*1H. The lowest BCUT2D eigenvalue weighted by Crippen LogP contribution is -2.16. The van der Waals surface area contributed by atoms with E-state index in [-0.39, 0.29) is 31.4 Å². The van der Waals surface area contributed by atoms with E-state index in [1.54, 1.807) is 7.05 Å². The van der Waals surface area contributed by atoms with Crippen molar-refractivity contribution in [3.8, 4) is 0 Å². The highest BCUT2D eigenvalue weighted by molar-refractivity contribution is 5.85. The zero-order valence-corrected chi connectivity index (χ0v) is 6.01. The van der Waals surface area contributed by atoms with E-state index in [9.17, 15) is 4.79 Å². The molecule has 0 saturated heterocycles. The van der Waals surface area contributed by atoms with Gasteiger partial charge in [-0.25, -0.2) is 0 Å². The highest BCUT2D eigenvalue weighted by Crippen LogP contribution is 1.50. The van der Waals surface area contributed by atoms with E-state index in [1.807, 2.05) is 0 Å². The van der Waals surface area contributed by atoms with Gasteiger partial charge in [-0.05, 0) is 7.05 Å². The van der Waals surface area contributed by atoms with Gasteiger partial charge >= 0.3 is 5.97 Å². The van der Waals surface area contributed by atoms with Crippen molar-refractivity contribution in [2.45, 2.75) is 0 Å². The lowest BCUT2D eigenvalue weighted by Gasteiger charge is -1.84. The molecule has 0 unspecified atom stereocenters. The molecule has 0 bridgehead atoms. The molecule has 0 aromatic rings. The fourth-order valence-electron chi connectivity index (χ4n) is 0.151. The Morgan fingerprint density at radius 3 is 2.00 bits per heavy atom. The number of rotatable bonds is 2. The van der Waals surface area contributed by atoms with Gasteiger partial charge < -0.3 is 10.4 Å². The van der Waals surface area contributed by atoms with Crippen molar-refractivity contribution >= 4 is 30.8 Å². The van der Waals surface area contributed by atoms with E-state index in [2.05, 4.69) is 5.32 Å². The Morgan fingerprint density at radius 1 is 1.62 bits per heavy atom. The fraction of sp³-hybridized carbons (Fsp3) is 0.667. The first-order chi connectivity index (χ1) is 2.77. The second-order valence-electron chi connectivity index (χ2n) is 0.924. The second-order valence-corrected chi connectivity index (χ2v) is 0.924. The molecule has 0 aliphatic rings. The summed E-state index contributed by atoms with van der Waals surface area (Å²) in [6, 6.07) is 0. The molecular formula is C3H9Cl2NO2. The van der Waals surface area contributed by atoms with E-state index in [1.165, 1.54) is 0 Å². The molecule has 0 spiro atoms. The largest absolute Gasteiger partial charge is 0.480 e. The third kappa shape index (κ3) is 16.7. The number of halogens is 2. The van der Waals surface area contributed by atoms with Crippen molar-refractivity contribution < 1.29 is 9.90 Å². The van der Waals surface area contributed by atoms with Crippen LogP contribution in [0.15, 0.2) is 0 Å².